The summed E-state index contributed by atoms with van der Waals surface area (Å²) in [5, 5.41) is 12.7. The van der Waals surface area contributed by atoms with E-state index in [4.69, 9.17) is 4.74 Å². The molecular formula is C15H14F3N3O3. The minimum atomic E-state index is -4.81. The number of nitrogens with zero attached hydrogens (tertiary/aromatic N) is 3. The lowest BCUT2D eigenvalue weighted by Crippen LogP contribution is -2.23. The van der Waals surface area contributed by atoms with Gasteiger partial charge in [-0.15, -0.1) is 0 Å². The molecule has 128 valence electrons. The molecule has 1 aliphatic heterocycles. The molecule has 0 saturated heterocycles. The Morgan fingerprint density at radius 2 is 2.12 bits per heavy atom. The van der Waals surface area contributed by atoms with Gasteiger partial charge in [0.2, 0.25) is 0 Å². The maximum Gasteiger partial charge on any atom is 0.436 e. The number of halogens is 3. The number of carboxylic acids is 1. The van der Waals surface area contributed by atoms with Crippen molar-refractivity contribution in [1.82, 2.24) is 9.78 Å². The average Bonchev–Trinajstić information content (AvgIpc) is 3.07. The fraction of sp³-hybridized carbons (Fsp3) is 0.333. The number of anilines is 1. The Hall–Kier alpha value is -2.71. The number of carboxylic acid groups (broad SMARTS) is 1. The fourth-order valence-electron chi connectivity index (χ4n) is 2.79. The highest BCUT2D eigenvalue weighted by molar-refractivity contribution is 5.95. The molecule has 6 nitrogen and oxygen atoms in total. The molecule has 0 radical (unpaired) electrons. The lowest BCUT2D eigenvalue weighted by molar-refractivity contribution is -0.142. The van der Waals surface area contributed by atoms with E-state index in [2.05, 4.69) is 5.10 Å². The molecule has 0 saturated carbocycles. The summed E-state index contributed by atoms with van der Waals surface area (Å²) in [4.78, 5) is 13.0. The molecule has 1 aromatic heterocycles. The van der Waals surface area contributed by atoms with Gasteiger partial charge in [-0.2, -0.15) is 18.3 Å². The van der Waals surface area contributed by atoms with Crippen LogP contribution in [0.4, 0.5) is 19.0 Å². The smallest absolute Gasteiger partial charge is 0.436 e. The second-order valence-corrected chi connectivity index (χ2v) is 5.35. The lowest BCUT2D eigenvalue weighted by atomic mass is 10.1. The molecule has 0 bridgehead atoms. The molecule has 3 rings (SSSR count). The summed E-state index contributed by atoms with van der Waals surface area (Å²) in [7, 11) is 1.52. The van der Waals surface area contributed by atoms with Crippen LogP contribution in [0.5, 0.6) is 5.75 Å². The monoisotopic (exact) mass is 341 g/mol. The molecule has 0 amide bonds. The van der Waals surface area contributed by atoms with Gasteiger partial charge >= 0.3 is 12.1 Å². The molecule has 24 heavy (non-hydrogen) atoms. The number of aromatic nitrogens is 2. The summed E-state index contributed by atoms with van der Waals surface area (Å²) in [5.74, 6) is -1.03. The van der Waals surface area contributed by atoms with Crippen LogP contribution in [-0.4, -0.2) is 34.5 Å². The van der Waals surface area contributed by atoms with Gasteiger partial charge < -0.3 is 14.7 Å². The van der Waals surface area contributed by atoms with Crippen LogP contribution in [-0.2, 0) is 19.3 Å². The number of rotatable bonds is 4. The highest BCUT2D eigenvalue weighted by Crippen LogP contribution is 2.38. The van der Waals surface area contributed by atoms with Crippen molar-refractivity contribution in [1.29, 1.82) is 0 Å². The first-order valence-electron chi connectivity index (χ1n) is 7.10. The Kier molecular flexibility index (Phi) is 3.86. The summed E-state index contributed by atoms with van der Waals surface area (Å²) in [5.41, 5.74) is -1.36. The Bertz CT molecular complexity index is 786. The molecule has 2 aromatic rings. The average molecular weight is 341 g/mol. The molecule has 2 heterocycles. The number of benzene rings is 1. The van der Waals surface area contributed by atoms with Crippen LogP contribution in [0.25, 0.3) is 0 Å². The first-order chi connectivity index (χ1) is 11.3. The first kappa shape index (κ1) is 16.2. The van der Waals surface area contributed by atoms with Crippen molar-refractivity contribution >= 4 is 11.8 Å². The van der Waals surface area contributed by atoms with E-state index < -0.39 is 23.4 Å². The van der Waals surface area contributed by atoms with Gasteiger partial charge in [-0.1, -0.05) is 12.1 Å². The topological polar surface area (TPSA) is 67.6 Å². The summed E-state index contributed by atoms with van der Waals surface area (Å²) in [6, 6.07) is 7.07. The number of aromatic carboxylic acids is 1. The lowest BCUT2D eigenvalue weighted by Gasteiger charge is -2.19. The highest BCUT2D eigenvalue weighted by atomic mass is 19.4. The Labute approximate surface area is 135 Å². The second kappa shape index (κ2) is 5.73. The molecule has 0 aliphatic carbocycles. The Balaban J connectivity index is 1.99. The van der Waals surface area contributed by atoms with Gasteiger partial charge in [0, 0.05) is 13.1 Å². The maximum absolute atomic E-state index is 13.0. The second-order valence-electron chi connectivity index (χ2n) is 5.35. The van der Waals surface area contributed by atoms with Crippen LogP contribution < -0.4 is 9.64 Å². The van der Waals surface area contributed by atoms with E-state index in [1.807, 2.05) is 0 Å². The predicted octanol–water partition coefficient (Wildman–Crippen LogP) is 2.63. The predicted molar refractivity (Wildman–Crippen MR) is 78.2 cm³/mol. The third-order valence-electron chi connectivity index (χ3n) is 3.80. The zero-order valence-electron chi connectivity index (χ0n) is 12.7. The largest absolute Gasteiger partial charge is 0.497 e. The Morgan fingerprint density at radius 3 is 2.75 bits per heavy atom. The van der Waals surface area contributed by atoms with E-state index in [0.717, 1.165) is 10.2 Å². The van der Waals surface area contributed by atoms with Gasteiger partial charge in [0.1, 0.15) is 17.1 Å². The van der Waals surface area contributed by atoms with Gasteiger partial charge in [0.25, 0.3) is 0 Å². The molecule has 1 aromatic carbocycles. The van der Waals surface area contributed by atoms with Gasteiger partial charge in [0.05, 0.1) is 13.7 Å². The van der Waals surface area contributed by atoms with E-state index in [0.29, 0.717) is 12.3 Å². The van der Waals surface area contributed by atoms with Gasteiger partial charge in [-0.05, 0) is 17.7 Å². The number of carbonyl (C=O) groups is 1. The molecule has 0 fully saturated rings. The van der Waals surface area contributed by atoms with Crippen molar-refractivity contribution in [2.45, 2.75) is 19.3 Å². The number of ether oxygens (including phenoxy) is 1. The minimum absolute atomic E-state index is 0.0161. The quantitative estimate of drug-likeness (QED) is 0.926. The summed E-state index contributed by atoms with van der Waals surface area (Å²) in [6.45, 7) is 0.855. The van der Waals surface area contributed by atoms with Crippen LogP contribution in [0.3, 0.4) is 0 Å². The minimum Gasteiger partial charge on any atom is -0.497 e. The van der Waals surface area contributed by atoms with Crippen molar-refractivity contribution < 1.29 is 27.8 Å². The molecule has 1 aliphatic rings. The van der Waals surface area contributed by atoms with Crippen LogP contribution in [0.1, 0.15) is 21.6 Å². The van der Waals surface area contributed by atoms with Crippen LogP contribution in [0.2, 0.25) is 0 Å². The number of hydrogen-bond donors (Lipinski definition) is 1. The highest BCUT2D eigenvalue weighted by Gasteiger charge is 2.44. The standard InChI is InChI=1S/C15H14F3N3O3/c1-24-10-4-2-3-9(7-10)8-20-5-6-21-13(20)11(14(22)23)12(19-21)15(16,17)18/h2-4,7H,5-6,8H2,1H3,(H,22,23). The van der Waals surface area contributed by atoms with E-state index in [-0.39, 0.29) is 18.9 Å². The number of methoxy groups -OCH3 is 1. The summed E-state index contributed by atoms with van der Waals surface area (Å²) in [6.07, 6.45) is -4.81. The molecule has 9 heteroatoms. The number of hydrogen-bond acceptors (Lipinski definition) is 4. The van der Waals surface area contributed by atoms with Crippen molar-refractivity contribution in [2.24, 2.45) is 0 Å². The summed E-state index contributed by atoms with van der Waals surface area (Å²) >= 11 is 0. The van der Waals surface area contributed by atoms with Crippen molar-refractivity contribution in [3.63, 3.8) is 0 Å². The fourth-order valence-corrected chi connectivity index (χ4v) is 2.79. The normalized spacial score (nSPS) is 13.9. The molecule has 1 N–H and O–H groups in total. The van der Waals surface area contributed by atoms with Crippen molar-refractivity contribution in [2.75, 3.05) is 18.6 Å². The van der Waals surface area contributed by atoms with E-state index in [1.165, 1.54) is 7.11 Å². The van der Waals surface area contributed by atoms with Gasteiger partial charge in [-0.3, -0.25) is 0 Å². The van der Waals surface area contributed by atoms with Crippen LogP contribution in [0.15, 0.2) is 24.3 Å². The van der Waals surface area contributed by atoms with Crippen molar-refractivity contribution in [3.05, 3.63) is 41.1 Å². The third-order valence-corrected chi connectivity index (χ3v) is 3.80. The van der Waals surface area contributed by atoms with E-state index >= 15 is 0 Å². The van der Waals surface area contributed by atoms with Crippen LogP contribution >= 0.6 is 0 Å². The number of fused-ring (bicyclic) bond motifs is 1. The van der Waals surface area contributed by atoms with Gasteiger partial charge in [0.15, 0.2) is 5.69 Å². The first-order valence-corrected chi connectivity index (χ1v) is 7.10. The molecular weight excluding hydrogens is 327 g/mol. The maximum atomic E-state index is 13.0. The SMILES string of the molecule is COc1cccc(CN2CCn3nc(C(F)(F)F)c(C(=O)O)c32)c1. The molecule has 0 unspecified atom stereocenters. The van der Waals surface area contributed by atoms with Crippen molar-refractivity contribution in [3.8, 4) is 5.75 Å². The number of alkyl halides is 3. The van der Waals surface area contributed by atoms with E-state index in [1.54, 1.807) is 29.2 Å². The van der Waals surface area contributed by atoms with Crippen LogP contribution in [0, 0.1) is 0 Å². The van der Waals surface area contributed by atoms with E-state index in [9.17, 15) is 23.1 Å². The Morgan fingerprint density at radius 1 is 1.38 bits per heavy atom. The zero-order chi connectivity index (χ0) is 17.5. The third kappa shape index (κ3) is 2.77. The summed E-state index contributed by atoms with van der Waals surface area (Å²) < 4.78 is 45.3. The zero-order valence-corrected chi connectivity index (χ0v) is 12.7. The molecule has 0 atom stereocenters. The molecule has 0 spiro atoms. The van der Waals surface area contributed by atoms with Gasteiger partial charge in [-0.25, -0.2) is 9.48 Å².